The van der Waals surface area contributed by atoms with Crippen molar-refractivity contribution in [2.45, 2.75) is 31.3 Å². The van der Waals surface area contributed by atoms with Gasteiger partial charge in [-0.25, -0.2) is 15.2 Å². The summed E-state index contributed by atoms with van der Waals surface area (Å²) >= 11 is 0. The summed E-state index contributed by atoms with van der Waals surface area (Å²) in [4.78, 5) is 39.2. The molecule has 3 unspecified atom stereocenters. The first kappa shape index (κ1) is 20.2. The topological polar surface area (TPSA) is 102 Å². The molecule has 28 heavy (non-hydrogen) atoms. The average molecular weight is 392 g/mol. The lowest BCUT2D eigenvalue weighted by Crippen LogP contribution is -2.50. The number of aliphatic carboxylic acids is 1. The van der Waals surface area contributed by atoms with Crippen LogP contribution in [0.15, 0.2) is 24.3 Å². The number of benzene rings is 1. The standard InChI is InChI=1S/C19H25FN4O4/c1-23(11-17(25)24-8-2-3-13(10-24)19(27)28)18(26)16-9-15(21-22-16)12-4-6-14(20)7-5-12/h4-7,13,15-16,21-22H,2-3,8-11H2,1H3,(H,27,28). The van der Waals surface area contributed by atoms with Gasteiger partial charge in [0.1, 0.15) is 11.9 Å². The number of carbonyl (C=O) groups is 3. The Kier molecular flexibility index (Phi) is 6.25. The molecule has 2 saturated heterocycles. The van der Waals surface area contributed by atoms with Crippen LogP contribution in [-0.2, 0) is 14.4 Å². The van der Waals surface area contributed by atoms with Crippen molar-refractivity contribution in [3.8, 4) is 0 Å². The lowest BCUT2D eigenvalue weighted by atomic mass is 9.98. The van der Waals surface area contributed by atoms with Crippen molar-refractivity contribution in [2.24, 2.45) is 5.92 Å². The lowest BCUT2D eigenvalue weighted by molar-refractivity contribution is -0.147. The van der Waals surface area contributed by atoms with Crippen LogP contribution in [0, 0.1) is 11.7 Å². The molecular formula is C19H25FN4O4. The molecule has 0 aromatic heterocycles. The van der Waals surface area contributed by atoms with E-state index in [1.54, 1.807) is 19.2 Å². The first-order chi connectivity index (χ1) is 13.3. The Morgan fingerprint density at radius 3 is 2.64 bits per heavy atom. The number of carboxylic acids is 1. The van der Waals surface area contributed by atoms with Crippen LogP contribution in [0.3, 0.4) is 0 Å². The molecule has 3 atom stereocenters. The second kappa shape index (κ2) is 8.66. The van der Waals surface area contributed by atoms with Gasteiger partial charge in [0.05, 0.1) is 12.5 Å². The van der Waals surface area contributed by atoms with Crippen LogP contribution in [0.25, 0.3) is 0 Å². The fourth-order valence-corrected chi connectivity index (χ4v) is 3.68. The molecule has 2 amide bonds. The zero-order valence-corrected chi connectivity index (χ0v) is 15.7. The summed E-state index contributed by atoms with van der Waals surface area (Å²) in [6.07, 6.45) is 1.69. The molecule has 3 rings (SSSR count). The predicted molar refractivity (Wildman–Crippen MR) is 98.4 cm³/mol. The number of hydrogen-bond donors (Lipinski definition) is 3. The summed E-state index contributed by atoms with van der Waals surface area (Å²) in [7, 11) is 1.56. The average Bonchev–Trinajstić information content (AvgIpc) is 3.18. The molecule has 2 aliphatic rings. The molecular weight excluding hydrogens is 367 g/mol. The van der Waals surface area contributed by atoms with E-state index >= 15 is 0 Å². The van der Waals surface area contributed by atoms with Gasteiger partial charge in [-0.05, 0) is 37.0 Å². The number of piperidine rings is 1. The van der Waals surface area contributed by atoms with Gasteiger partial charge in [0.15, 0.2) is 0 Å². The number of halogens is 1. The van der Waals surface area contributed by atoms with E-state index in [1.807, 2.05) is 0 Å². The number of carbonyl (C=O) groups excluding carboxylic acids is 2. The lowest BCUT2D eigenvalue weighted by Gasteiger charge is -2.32. The Morgan fingerprint density at radius 2 is 1.96 bits per heavy atom. The van der Waals surface area contributed by atoms with Gasteiger partial charge < -0.3 is 14.9 Å². The van der Waals surface area contributed by atoms with Crippen LogP contribution >= 0.6 is 0 Å². The van der Waals surface area contributed by atoms with Crippen molar-refractivity contribution >= 4 is 17.8 Å². The minimum atomic E-state index is -0.894. The Balaban J connectivity index is 1.52. The van der Waals surface area contributed by atoms with E-state index < -0.39 is 17.9 Å². The number of hydrazine groups is 1. The molecule has 0 spiro atoms. The number of hydrogen-bond acceptors (Lipinski definition) is 5. The zero-order chi connectivity index (χ0) is 20.3. The quantitative estimate of drug-likeness (QED) is 0.675. The van der Waals surface area contributed by atoms with Crippen molar-refractivity contribution < 1.29 is 23.9 Å². The highest BCUT2D eigenvalue weighted by Crippen LogP contribution is 2.23. The van der Waals surface area contributed by atoms with Crippen LogP contribution in [0.4, 0.5) is 4.39 Å². The van der Waals surface area contributed by atoms with Gasteiger partial charge in [0, 0.05) is 26.2 Å². The molecule has 152 valence electrons. The summed E-state index contributed by atoms with van der Waals surface area (Å²) < 4.78 is 13.1. The highest BCUT2D eigenvalue weighted by atomic mass is 19.1. The Bertz CT molecular complexity index is 742. The summed E-state index contributed by atoms with van der Waals surface area (Å²) in [6, 6.07) is 5.46. The molecule has 0 aliphatic carbocycles. The van der Waals surface area contributed by atoms with Gasteiger partial charge in [0.2, 0.25) is 11.8 Å². The third kappa shape index (κ3) is 4.66. The van der Waals surface area contributed by atoms with Crippen LogP contribution in [0.5, 0.6) is 0 Å². The molecule has 2 heterocycles. The Labute approximate surface area is 162 Å². The third-order valence-corrected chi connectivity index (χ3v) is 5.35. The predicted octanol–water partition coefficient (Wildman–Crippen LogP) is 0.515. The van der Waals surface area contributed by atoms with Gasteiger partial charge >= 0.3 is 5.97 Å². The number of carboxylic acid groups (broad SMARTS) is 1. The SMILES string of the molecule is CN(CC(=O)N1CCCC(C(=O)O)C1)C(=O)C1CC(c2ccc(F)cc2)NN1. The number of nitrogens with zero attached hydrogens (tertiary/aromatic N) is 2. The van der Waals surface area contributed by atoms with Crippen molar-refractivity contribution in [2.75, 3.05) is 26.7 Å². The van der Waals surface area contributed by atoms with Crippen molar-refractivity contribution in [1.82, 2.24) is 20.7 Å². The largest absolute Gasteiger partial charge is 0.481 e. The van der Waals surface area contributed by atoms with Gasteiger partial charge in [-0.2, -0.15) is 0 Å². The van der Waals surface area contributed by atoms with E-state index in [1.165, 1.54) is 21.9 Å². The van der Waals surface area contributed by atoms with Crippen LogP contribution < -0.4 is 10.9 Å². The van der Waals surface area contributed by atoms with Gasteiger partial charge in [-0.15, -0.1) is 0 Å². The van der Waals surface area contributed by atoms with E-state index in [4.69, 9.17) is 5.11 Å². The van der Waals surface area contributed by atoms with Crippen LogP contribution in [0.2, 0.25) is 0 Å². The summed E-state index contributed by atoms with van der Waals surface area (Å²) in [5, 5.41) is 9.15. The molecule has 9 heteroatoms. The molecule has 1 aromatic carbocycles. The van der Waals surface area contributed by atoms with Gasteiger partial charge in [-0.1, -0.05) is 12.1 Å². The van der Waals surface area contributed by atoms with E-state index in [0.29, 0.717) is 25.8 Å². The Hall–Kier alpha value is -2.52. The minimum absolute atomic E-state index is 0.0927. The van der Waals surface area contributed by atoms with Gasteiger partial charge in [0.25, 0.3) is 0 Å². The zero-order valence-electron chi connectivity index (χ0n) is 15.7. The second-order valence-electron chi connectivity index (χ2n) is 7.39. The molecule has 3 N–H and O–H groups in total. The second-order valence-corrected chi connectivity index (χ2v) is 7.39. The van der Waals surface area contributed by atoms with E-state index in [2.05, 4.69) is 10.9 Å². The van der Waals surface area contributed by atoms with Gasteiger partial charge in [-0.3, -0.25) is 14.4 Å². The maximum Gasteiger partial charge on any atom is 0.308 e. The first-order valence-corrected chi connectivity index (χ1v) is 9.37. The highest BCUT2D eigenvalue weighted by molar-refractivity contribution is 5.88. The summed E-state index contributed by atoms with van der Waals surface area (Å²) in [5.41, 5.74) is 6.84. The fraction of sp³-hybridized carbons (Fsp3) is 0.526. The fourth-order valence-electron chi connectivity index (χ4n) is 3.68. The molecule has 1 aromatic rings. The molecule has 0 saturated carbocycles. The summed E-state index contributed by atoms with van der Waals surface area (Å²) in [5.74, 6) is -2.23. The number of rotatable bonds is 5. The van der Waals surface area contributed by atoms with Crippen LogP contribution in [-0.4, -0.2) is 65.4 Å². The van der Waals surface area contributed by atoms with Crippen molar-refractivity contribution in [1.29, 1.82) is 0 Å². The molecule has 2 aliphatic heterocycles. The maximum absolute atomic E-state index is 13.1. The first-order valence-electron chi connectivity index (χ1n) is 9.37. The van der Waals surface area contributed by atoms with Crippen molar-refractivity contribution in [3.63, 3.8) is 0 Å². The smallest absolute Gasteiger partial charge is 0.308 e. The van der Waals surface area contributed by atoms with E-state index in [-0.39, 0.29) is 36.8 Å². The summed E-state index contributed by atoms with van der Waals surface area (Å²) in [6.45, 7) is 0.608. The normalized spacial score (nSPS) is 24.8. The minimum Gasteiger partial charge on any atom is -0.481 e. The van der Waals surface area contributed by atoms with E-state index in [9.17, 15) is 18.8 Å². The van der Waals surface area contributed by atoms with Crippen molar-refractivity contribution in [3.05, 3.63) is 35.6 Å². The molecule has 0 radical (unpaired) electrons. The number of nitrogens with one attached hydrogen (secondary N) is 2. The maximum atomic E-state index is 13.1. The number of likely N-dealkylation sites (tertiary alicyclic amines) is 1. The molecule has 0 bridgehead atoms. The molecule has 8 nitrogen and oxygen atoms in total. The van der Waals surface area contributed by atoms with Crippen LogP contribution in [0.1, 0.15) is 30.9 Å². The number of amides is 2. The van der Waals surface area contributed by atoms with E-state index in [0.717, 1.165) is 5.56 Å². The Morgan fingerprint density at radius 1 is 1.25 bits per heavy atom. The highest BCUT2D eigenvalue weighted by Gasteiger charge is 2.34. The number of likely N-dealkylation sites (N-methyl/N-ethyl adjacent to an activating group) is 1. The third-order valence-electron chi connectivity index (χ3n) is 5.35. The molecule has 2 fully saturated rings. The monoisotopic (exact) mass is 392 g/mol.